The molecule has 0 spiro atoms. The van der Waals surface area contributed by atoms with Crippen molar-refractivity contribution in [1.29, 1.82) is 0 Å². The average Bonchev–Trinajstić information content (AvgIpc) is 2.23. The summed E-state index contributed by atoms with van der Waals surface area (Å²) in [5, 5.41) is 3.38. The third-order valence-corrected chi connectivity index (χ3v) is 5.48. The lowest BCUT2D eigenvalue weighted by atomic mass is 9.70. The first-order chi connectivity index (χ1) is 8.58. The van der Waals surface area contributed by atoms with E-state index in [1.807, 2.05) is 6.92 Å². The van der Waals surface area contributed by atoms with Gasteiger partial charge in [-0.1, -0.05) is 20.8 Å². The molecule has 0 saturated heterocycles. The molecular weight excluding hydrogens is 258 g/mol. The summed E-state index contributed by atoms with van der Waals surface area (Å²) < 4.78 is 22.4. The van der Waals surface area contributed by atoms with Crippen LogP contribution in [-0.2, 0) is 9.84 Å². The van der Waals surface area contributed by atoms with Crippen LogP contribution in [0.3, 0.4) is 0 Å². The van der Waals surface area contributed by atoms with E-state index in [0.717, 1.165) is 18.4 Å². The molecule has 0 heterocycles. The van der Waals surface area contributed by atoms with Gasteiger partial charge in [0, 0.05) is 12.3 Å². The van der Waals surface area contributed by atoms with Crippen molar-refractivity contribution in [1.82, 2.24) is 5.32 Å². The predicted octanol–water partition coefficient (Wildman–Crippen LogP) is 2.86. The average molecular weight is 289 g/mol. The van der Waals surface area contributed by atoms with E-state index >= 15 is 0 Å². The first-order valence-electron chi connectivity index (χ1n) is 7.49. The highest BCUT2D eigenvalue weighted by atomic mass is 32.2. The van der Waals surface area contributed by atoms with E-state index in [2.05, 4.69) is 26.1 Å². The van der Waals surface area contributed by atoms with Crippen LogP contribution in [0.4, 0.5) is 0 Å². The quantitative estimate of drug-likeness (QED) is 0.846. The van der Waals surface area contributed by atoms with Crippen LogP contribution in [0.1, 0.15) is 53.4 Å². The van der Waals surface area contributed by atoms with Crippen LogP contribution in [0.5, 0.6) is 0 Å². The van der Waals surface area contributed by atoms with E-state index in [9.17, 15) is 8.42 Å². The molecule has 1 unspecified atom stereocenters. The summed E-state index contributed by atoms with van der Waals surface area (Å²) >= 11 is 0. The van der Waals surface area contributed by atoms with Crippen molar-refractivity contribution in [3.05, 3.63) is 0 Å². The second-order valence-electron chi connectivity index (χ2n) is 7.49. The van der Waals surface area contributed by atoms with E-state index in [4.69, 9.17) is 0 Å². The Kier molecular flexibility index (Phi) is 5.87. The van der Waals surface area contributed by atoms with Crippen LogP contribution in [0.2, 0.25) is 0 Å². The topological polar surface area (TPSA) is 46.2 Å². The summed E-state index contributed by atoms with van der Waals surface area (Å²) in [5.74, 6) is 1.81. The Labute approximate surface area is 119 Å². The summed E-state index contributed by atoms with van der Waals surface area (Å²) in [6.07, 6.45) is 6.49. The Morgan fingerprint density at radius 3 is 2.11 bits per heavy atom. The molecule has 4 heteroatoms. The molecule has 0 amide bonds. The Hall–Kier alpha value is -0.0900. The molecule has 0 radical (unpaired) electrons. The van der Waals surface area contributed by atoms with Gasteiger partial charge in [-0.15, -0.1) is 0 Å². The number of sulfone groups is 1. The van der Waals surface area contributed by atoms with Gasteiger partial charge in [-0.05, 0) is 56.4 Å². The van der Waals surface area contributed by atoms with Crippen LogP contribution in [0.25, 0.3) is 0 Å². The monoisotopic (exact) mass is 289 g/mol. The van der Waals surface area contributed by atoms with Crippen LogP contribution in [0.15, 0.2) is 0 Å². The number of rotatable bonds is 5. The summed E-state index contributed by atoms with van der Waals surface area (Å²) in [7, 11) is -2.87. The summed E-state index contributed by atoms with van der Waals surface area (Å²) in [6.45, 7) is 9.94. The lowest BCUT2D eigenvalue weighted by Gasteiger charge is -2.37. The molecule has 0 aromatic rings. The highest BCUT2D eigenvalue weighted by Crippen LogP contribution is 2.39. The van der Waals surface area contributed by atoms with E-state index in [1.165, 1.54) is 31.9 Å². The maximum absolute atomic E-state index is 11.2. The van der Waals surface area contributed by atoms with E-state index < -0.39 is 9.84 Å². The van der Waals surface area contributed by atoms with Crippen LogP contribution in [-0.4, -0.2) is 33.0 Å². The summed E-state index contributed by atoms with van der Waals surface area (Å²) in [4.78, 5) is 0. The zero-order valence-corrected chi connectivity index (χ0v) is 14.0. The van der Waals surface area contributed by atoms with Gasteiger partial charge in [-0.3, -0.25) is 0 Å². The van der Waals surface area contributed by atoms with E-state index in [-0.39, 0.29) is 11.8 Å². The van der Waals surface area contributed by atoms with Gasteiger partial charge in [-0.25, -0.2) is 8.42 Å². The van der Waals surface area contributed by atoms with Gasteiger partial charge in [0.25, 0.3) is 0 Å². The molecule has 1 N–H and O–H groups in total. The SMILES string of the molecule is CC(CS(C)(=O)=O)NCC1CCC(C(C)(C)C)CC1. The van der Waals surface area contributed by atoms with Gasteiger partial charge in [0.05, 0.1) is 5.75 Å². The first-order valence-corrected chi connectivity index (χ1v) is 9.55. The molecule has 0 aromatic heterocycles. The standard InChI is InChI=1S/C15H31NO2S/c1-12(11-19(5,17)18)16-10-13-6-8-14(9-7-13)15(2,3)4/h12-14,16H,6-11H2,1-5H3. The van der Waals surface area contributed by atoms with Crippen molar-refractivity contribution < 1.29 is 8.42 Å². The molecule has 0 aliphatic heterocycles. The Morgan fingerprint density at radius 1 is 1.16 bits per heavy atom. The summed E-state index contributed by atoms with van der Waals surface area (Å²) in [6, 6.07) is 0.0651. The van der Waals surface area contributed by atoms with E-state index in [0.29, 0.717) is 5.41 Å². The predicted molar refractivity (Wildman–Crippen MR) is 82.1 cm³/mol. The Bertz CT molecular complexity index is 362. The van der Waals surface area contributed by atoms with Crippen LogP contribution < -0.4 is 5.32 Å². The van der Waals surface area contributed by atoms with Gasteiger partial charge in [0.1, 0.15) is 9.84 Å². The van der Waals surface area contributed by atoms with Crippen molar-refractivity contribution >= 4 is 9.84 Å². The van der Waals surface area contributed by atoms with Crippen molar-refractivity contribution in [2.24, 2.45) is 17.3 Å². The van der Waals surface area contributed by atoms with Crippen molar-refractivity contribution in [2.45, 2.75) is 59.4 Å². The maximum atomic E-state index is 11.2. The molecule has 3 nitrogen and oxygen atoms in total. The normalized spacial score (nSPS) is 27.2. The minimum Gasteiger partial charge on any atom is -0.313 e. The highest BCUT2D eigenvalue weighted by Gasteiger charge is 2.29. The summed E-state index contributed by atoms with van der Waals surface area (Å²) in [5.41, 5.74) is 0.433. The number of nitrogens with one attached hydrogen (secondary N) is 1. The fourth-order valence-corrected chi connectivity index (χ4v) is 4.14. The molecule has 19 heavy (non-hydrogen) atoms. The molecule has 0 aromatic carbocycles. The number of hydrogen-bond donors (Lipinski definition) is 1. The Morgan fingerprint density at radius 2 is 1.68 bits per heavy atom. The molecule has 1 saturated carbocycles. The Balaban J connectivity index is 2.27. The second-order valence-corrected chi connectivity index (χ2v) is 9.67. The maximum Gasteiger partial charge on any atom is 0.148 e. The van der Waals surface area contributed by atoms with Gasteiger partial charge in [0.2, 0.25) is 0 Å². The first kappa shape index (κ1) is 17.0. The van der Waals surface area contributed by atoms with Gasteiger partial charge >= 0.3 is 0 Å². The fourth-order valence-electron chi connectivity index (χ4n) is 3.11. The molecule has 1 aliphatic rings. The third kappa shape index (κ3) is 6.75. The molecule has 1 fully saturated rings. The molecule has 1 atom stereocenters. The van der Waals surface area contributed by atoms with Crippen LogP contribution >= 0.6 is 0 Å². The smallest absolute Gasteiger partial charge is 0.148 e. The molecule has 1 rings (SSSR count). The van der Waals surface area contributed by atoms with Gasteiger partial charge in [0.15, 0.2) is 0 Å². The third-order valence-electron chi connectivity index (χ3n) is 4.38. The molecule has 114 valence electrons. The largest absolute Gasteiger partial charge is 0.313 e. The zero-order valence-electron chi connectivity index (χ0n) is 13.2. The van der Waals surface area contributed by atoms with E-state index in [1.54, 1.807) is 0 Å². The lowest BCUT2D eigenvalue weighted by molar-refractivity contribution is 0.148. The minimum absolute atomic E-state index is 0.0651. The van der Waals surface area contributed by atoms with Crippen molar-refractivity contribution in [3.63, 3.8) is 0 Å². The van der Waals surface area contributed by atoms with Crippen molar-refractivity contribution in [3.8, 4) is 0 Å². The molecule has 0 bridgehead atoms. The van der Waals surface area contributed by atoms with Crippen LogP contribution in [0, 0.1) is 17.3 Å². The van der Waals surface area contributed by atoms with Gasteiger partial charge < -0.3 is 5.32 Å². The fraction of sp³-hybridized carbons (Fsp3) is 1.00. The van der Waals surface area contributed by atoms with Crippen molar-refractivity contribution in [2.75, 3.05) is 18.6 Å². The second kappa shape index (κ2) is 6.57. The molecular formula is C15H31NO2S. The number of hydrogen-bond acceptors (Lipinski definition) is 3. The molecule has 1 aliphatic carbocycles. The lowest BCUT2D eigenvalue weighted by Crippen LogP contribution is -2.37. The minimum atomic E-state index is -2.87. The van der Waals surface area contributed by atoms with Gasteiger partial charge in [-0.2, -0.15) is 0 Å². The zero-order chi connectivity index (χ0) is 14.7. The highest BCUT2D eigenvalue weighted by molar-refractivity contribution is 7.90.